The number of hydrogen-bond donors (Lipinski definition) is 1. The van der Waals surface area contributed by atoms with Crippen LogP contribution in [0.5, 0.6) is 0 Å². The van der Waals surface area contributed by atoms with Gasteiger partial charge in [0.05, 0.1) is 0 Å². The van der Waals surface area contributed by atoms with Crippen molar-refractivity contribution >= 4 is 35.7 Å². The molecule has 10 heteroatoms. The normalized spacial score (nSPS) is 31.0. The summed E-state index contributed by atoms with van der Waals surface area (Å²) in [6.07, 6.45) is -0.458. The molecule has 4 bridgehead atoms. The second-order valence-corrected chi connectivity index (χ2v) is 13.0. The van der Waals surface area contributed by atoms with Gasteiger partial charge in [0.15, 0.2) is 5.78 Å². The Morgan fingerprint density at radius 2 is 1.49 bits per heavy atom. The molecule has 0 aliphatic heterocycles. The van der Waals surface area contributed by atoms with E-state index in [1.807, 2.05) is 44.2 Å². The molecule has 4 rings (SSSR count). The summed E-state index contributed by atoms with van der Waals surface area (Å²) in [5.41, 5.74) is -0.229. The molecule has 1 aromatic rings. The van der Waals surface area contributed by atoms with Crippen LogP contribution in [0, 0.1) is 16.7 Å². The van der Waals surface area contributed by atoms with Crippen LogP contribution < -0.4 is 0 Å². The van der Waals surface area contributed by atoms with E-state index in [1.54, 1.807) is 26.0 Å². The molecule has 7 atom stereocenters. The van der Waals surface area contributed by atoms with Crippen molar-refractivity contribution in [2.45, 2.75) is 98.2 Å². The third kappa shape index (κ3) is 7.11. The van der Waals surface area contributed by atoms with Crippen molar-refractivity contribution in [3.63, 3.8) is 0 Å². The molecule has 3 aliphatic rings. The second-order valence-electron chi connectivity index (χ2n) is 13.0. The number of ketones is 1. The summed E-state index contributed by atoms with van der Waals surface area (Å²) in [5, 5.41) is 11.9. The zero-order valence-corrected chi connectivity index (χ0v) is 26.8. The van der Waals surface area contributed by atoms with E-state index >= 15 is 0 Å². The van der Waals surface area contributed by atoms with Gasteiger partial charge in [-0.2, -0.15) is 0 Å². The minimum Gasteiger partial charge on any atom is -0.462 e. The maximum Gasteiger partial charge on any atom is 0.331 e. The van der Waals surface area contributed by atoms with Gasteiger partial charge in [-0.15, -0.1) is 0 Å². The highest BCUT2D eigenvalue weighted by atomic mass is 16.6. The van der Waals surface area contributed by atoms with E-state index < -0.39 is 76.9 Å². The molecule has 1 fully saturated rings. The quantitative estimate of drug-likeness (QED) is 0.209. The number of aliphatic hydroxyl groups is 1. The number of fused-ring (bicyclic) bond motifs is 4. The number of esters is 4. The summed E-state index contributed by atoms with van der Waals surface area (Å²) in [6.45, 7) is 10.8. The second kappa shape index (κ2) is 13.1. The molecule has 0 aromatic heterocycles. The number of hydrogen-bond acceptors (Lipinski definition) is 10. The SMILES string of the molecule is CC(=O)OC1CC2C(OC(C)=O)C=C3CC(C)(C(OC(C)=O)CC3OC(=O)C=Cc3ccccc3)C(O)C(=O)C(=C1C)C2(C)C. The lowest BCUT2D eigenvalue weighted by atomic mass is 9.57. The Morgan fingerprint density at radius 1 is 0.867 bits per heavy atom. The van der Waals surface area contributed by atoms with Gasteiger partial charge in [0, 0.05) is 55.6 Å². The summed E-state index contributed by atoms with van der Waals surface area (Å²) >= 11 is 0. The molecule has 0 amide bonds. The smallest absolute Gasteiger partial charge is 0.331 e. The van der Waals surface area contributed by atoms with Crippen LogP contribution in [0.15, 0.2) is 59.2 Å². The Morgan fingerprint density at radius 3 is 2.09 bits per heavy atom. The Labute approximate surface area is 263 Å². The number of ether oxygens (including phenoxy) is 4. The molecule has 1 N–H and O–H groups in total. The Kier molecular flexibility index (Phi) is 9.87. The molecule has 45 heavy (non-hydrogen) atoms. The first-order chi connectivity index (χ1) is 21.0. The van der Waals surface area contributed by atoms with Gasteiger partial charge < -0.3 is 24.1 Å². The van der Waals surface area contributed by atoms with E-state index in [0.29, 0.717) is 11.1 Å². The number of carbonyl (C=O) groups excluding carboxylic acids is 5. The summed E-state index contributed by atoms with van der Waals surface area (Å²) in [7, 11) is 0. The minimum atomic E-state index is -1.63. The molecule has 0 saturated heterocycles. The van der Waals surface area contributed by atoms with Crippen LogP contribution >= 0.6 is 0 Å². The lowest BCUT2D eigenvalue weighted by molar-refractivity contribution is -0.174. The zero-order valence-electron chi connectivity index (χ0n) is 26.8. The van der Waals surface area contributed by atoms with Gasteiger partial charge in [0.25, 0.3) is 0 Å². The Balaban J connectivity index is 1.88. The van der Waals surface area contributed by atoms with Crippen LogP contribution in [0.1, 0.15) is 73.3 Å². The van der Waals surface area contributed by atoms with E-state index in [9.17, 15) is 29.1 Å². The number of aliphatic hydroxyl groups excluding tert-OH is 1. The third-order valence-corrected chi connectivity index (χ3v) is 9.36. The number of benzene rings is 1. The fourth-order valence-corrected chi connectivity index (χ4v) is 7.16. The number of Topliss-reactive ketones (excluding diaryl/α,β-unsaturated/α-hetero) is 1. The van der Waals surface area contributed by atoms with Crippen molar-refractivity contribution in [1.82, 2.24) is 0 Å². The monoisotopic (exact) mass is 622 g/mol. The number of carbonyl (C=O) groups is 5. The van der Waals surface area contributed by atoms with Crippen LogP contribution in [0.4, 0.5) is 0 Å². The van der Waals surface area contributed by atoms with E-state index in [0.717, 1.165) is 5.56 Å². The van der Waals surface area contributed by atoms with E-state index in [1.165, 1.54) is 26.8 Å². The summed E-state index contributed by atoms with van der Waals surface area (Å²) in [6, 6.07) is 9.20. The van der Waals surface area contributed by atoms with Crippen molar-refractivity contribution in [3.8, 4) is 0 Å². The summed E-state index contributed by atoms with van der Waals surface area (Å²) < 4.78 is 23.1. The molecule has 10 nitrogen and oxygen atoms in total. The minimum absolute atomic E-state index is 0.00279. The molecule has 1 saturated carbocycles. The van der Waals surface area contributed by atoms with Crippen LogP contribution in [0.3, 0.4) is 0 Å². The average Bonchev–Trinajstić information content (AvgIpc) is 2.94. The maximum absolute atomic E-state index is 14.4. The Bertz CT molecular complexity index is 1450. The molecular formula is C35H42O10. The van der Waals surface area contributed by atoms with Crippen LogP contribution in [0.25, 0.3) is 6.08 Å². The van der Waals surface area contributed by atoms with Gasteiger partial charge in [-0.05, 0) is 48.6 Å². The zero-order chi connectivity index (χ0) is 33.3. The third-order valence-electron chi connectivity index (χ3n) is 9.36. The van der Waals surface area contributed by atoms with Crippen molar-refractivity contribution in [3.05, 3.63) is 64.8 Å². The van der Waals surface area contributed by atoms with Crippen molar-refractivity contribution in [1.29, 1.82) is 0 Å². The molecule has 0 heterocycles. The van der Waals surface area contributed by atoms with Gasteiger partial charge >= 0.3 is 23.9 Å². The first-order valence-corrected chi connectivity index (χ1v) is 15.1. The molecule has 3 aliphatic carbocycles. The predicted molar refractivity (Wildman–Crippen MR) is 163 cm³/mol. The standard InChI is InChI=1S/C35H42O10/c1-19-26(42-20(2)36)16-25-28(43-21(3)37)15-24-18-35(7,33(41)32(40)31(19)34(25,5)6)29(44-22(4)38)17-27(24)45-30(39)14-13-23-11-9-8-10-12-23/h8-15,25-29,33,41H,16-18H2,1-7H3. The van der Waals surface area contributed by atoms with Crippen molar-refractivity contribution in [2.24, 2.45) is 16.7 Å². The first kappa shape index (κ1) is 33.8. The molecule has 0 radical (unpaired) electrons. The largest absolute Gasteiger partial charge is 0.462 e. The average molecular weight is 623 g/mol. The molecule has 0 spiro atoms. The highest BCUT2D eigenvalue weighted by Crippen LogP contribution is 2.53. The molecule has 1 aromatic carbocycles. The Hall–Kier alpha value is -4.05. The van der Waals surface area contributed by atoms with Crippen LogP contribution in [0.2, 0.25) is 0 Å². The number of rotatable bonds is 6. The van der Waals surface area contributed by atoms with E-state index in [4.69, 9.17) is 18.9 Å². The fourth-order valence-electron chi connectivity index (χ4n) is 7.16. The lowest BCUT2D eigenvalue weighted by Gasteiger charge is -2.51. The van der Waals surface area contributed by atoms with Gasteiger partial charge in [-0.3, -0.25) is 19.2 Å². The van der Waals surface area contributed by atoms with Crippen molar-refractivity contribution in [2.75, 3.05) is 0 Å². The topological polar surface area (TPSA) is 143 Å². The maximum atomic E-state index is 14.4. The summed E-state index contributed by atoms with van der Waals surface area (Å²) in [5.74, 6) is -3.54. The highest BCUT2D eigenvalue weighted by Gasteiger charge is 2.57. The summed E-state index contributed by atoms with van der Waals surface area (Å²) in [4.78, 5) is 64.3. The van der Waals surface area contributed by atoms with E-state index in [2.05, 4.69) is 0 Å². The lowest BCUT2D eigenvalue weighted by Crippen LogP contribution is -2.57. The van der Waals surface area contributed by atoms with Gasteiger partial charge in [0.2, 0.25) is 0 Å². The fraction of sp³-hybridized carbons (Fsp3) is 0.514. The predicted octanol–water partition coefficient (Wildman–Crippen LogP) is 4.44. The first-order valence-electron chi connectivity index (χ1n) is 15.1. The van der Waals surface area contributed by atoms with Gasteiger partial charge in [0.1, 0.15) is 30.5 Å². The highest BCUT2D eigenvalue weighted by molar-refractivity contribution is 6.01. The molecule has 7 unspecified atom stereocenters. The molecule has 242 valence electrons. The molecular weight excluding hydrogens is 580 g/mol. The van der Waals surface area contributed by atoms with Crippen LogP contribution in [-0.2, 0) is 42.9 Å². The van der Waals surface area contributed by atoms with Gasteiger partial charge in [-0.1, -0.05) is 51.1 Å². The van der Waals surface area contributed by atoms with Gasteiger partial charge in [-0.25, -0.2) is 4.79 Å². The van der Waals surface area contributed by atoms with Crippen molar-refractivity contribution < 1.29 is 48.0 Å². The van der Waals surface area contributed by atoms with Crippen LogP contribution in [-0.4, -0.2) is 65.3 Å². The van der Waals surface area contributed by atoms with E-state index in [-0.39, 0.29) is 24.8 Å².